The van der Waals surface area contributed by atoms with E-state index in [2.05, 4.69) is 126 Å². The summed E-state index contributed by atoms with van der Waals surface area (Å²) in [6.07, 6.45) is 0.562. The number of benzene rings is 3. The predicted octanol–water partition coefficient (Wildman–Crippen LogP) is -3.96. The van der Waals surface area contributed by atoms with Crippen LogP contribution in [0.5, 0.6) is 5.75 Å². The van der Waals surface area contributed by atoms with Crippen LogP contribution in [0.15, 0.2) is 85.2 Å². The largest absolute Gasteiger partial charge is 0.508 e. The number of aliphatic carboxylic acids is 1. The minimum Gasteiger partial charge on any atom is -0.508 e. The Bertz CT molecular complexity index is 5190. The molecule has 140 heavy (non-hydrogen) atoms. The van der Waals surface area contributed by atoms with Gasteiger partial charge in [-0.25, -0.2) is 0 Å². The Kier molecular flexibility index (Phi) is 46.4. The number of amides is 18. The number of H-pyrrole nitrogens is 2. The number of aliphatic hydroxyl groups excluding tert-OH is 1. The molecule has 0 unspecified atom stereocenters. The number of hydrogen-bond donors (Lipinski definition) is 28. The first-order chi connectivity index (χ1) is 66.1. The Hall–Kier alpha value is -13.6. The van der Waals surface area contributed by atoms with Crippen LogP contribution in [0.1, 0.15) is 151 Å². The number of hydrogen-bond acceptors (Lipinski definition) is 25. The van der Waals surface area contributed by atoms with Gasteiger partial charge in [0.15, 0.2) is 5.96 Å². The van der Waals surface area contributed by atoms with Crippen molar-refractivity contribution in [1.29, 1.82) is 5.41 Å². The van der Waals surface area contributed by atoms with Crippen molar-refractivity contribution in [2.75, 3.05) is 44.2 Å². The van der Waals surface area contributed by atoms with Crippen LogP contribution in [-0.4, -0.2) is 289 Å². The molecule has 6 rings (SSSR count). The fraction of sp³-hybridized carbons (Fsp3) is 0.543. The zero-order valence-electron chi connectivity index (χ0n) is 80.2. The third-order valence-corrected chi connectivity index (χ3v) is 23.4. The summed E-state index contributed by atoms with van der Waals surface area (Å²) in [6.45, 7) is 15.1. The second kappa shape index (κ2) is 56.4. The Morgan fingerprint density at radius 1 is 0.450 bits per heavy atom. The van der Waals surface area contributed by atoms with Gasteiger partial charge >= 0.3 is 5.97 Å². The molecule has 2 aromatic heterocycles. The van der Waals surface area contributed by atoms with E-state index in [0.717, 1.165) is 6.92 Å². The van der Waals surface area contributed by atoms with Gasteiger partial charge in [-0.1, -0.05) is 104 Å². The van der Waals surface area contributed by atoms with E-state index in [4.69, 9.17) is 22.6 Å². The number of nitrogens with zero attached hydrogens (tertiary/aromatic N) is 1. The molecule has 768 valence electrons. The van der Waals surface area contributed by atoms with E-state index in [9.17, 15) is 102 Å². The van der Waals surface area contributed by atoms with E-state index in [-0.39, 0.29) is 119 Å². The van der Waals surface area contributed by atoms with Gasteiger partial charge in [-0.15, -0.1) is 0 Å². The van der Waals surface area contributed by atoms with Gasteiger partial charge in [-0.05, 0) is 137 Å². The summed E-state index contributed by atoms with van der Waals surface area (Å²) < 4.78 is 0. The molecule has 18 amide bonds. The molecule has 1 fully saturated rings. The number of guanidine groups is 1. The third-order valence-electron chi connectivity index (χ3n) is 22.7. The van der Waals surface area contributed by atoms with Gasteiger partial charge in [0.1, 0.15) is 90.3 Å². The number of carbonyl (C=O) groups excluding carboxylic acids is 18. The van der Waals surface area contributed by atoms with Gasteiger partial charge in [0.05, 0.1) is 31.8 Å². The highest BCUT2D eigenvalue weighted by atomic mass is 32.1. The van der Waals surface area contributed by atoms with Gasteiger partial charge in [-0.3, -0.25) is 96.5 Å². The number of carbonyl (C=O) groups is 19. The van der Waals surface area contributed by atoms with Gasteiger partial charge in [0.2, 0.25) is 106 Å². The summed E-state index contributed by atoms with van der Waals surface area (Å²) in [5, 5.41) is 82.9. The van der Waals surface area contributed by atoms with Gasteiger partial charge in [0, 0.05) is 84.5 Å². The molecule has 5 aromatic rings. The molecule has 0 saturated carbocycles. The van der Waals surface area contributed by atoms with E-state index in [1.54, 1.807) is 88.6 Å². The lowest BCUT2D eigenvalue weighted by atomic mass is 10.0. The van der Waals surface area contributed by atoms with Crippen molar-refractivity contribution in [3.8, 4) is 5.75 Å². The number of aliphatic hydroxyl groups is 1. The van der Waals surface area contributed by atoms with Crippen LogP contribution in [-0.2, 0) is 110 Å². The maximum atomic E-state index is 15.1. The molecule has 1 saturated heterocycles. The molecular weight excluding hydrogens is 1860 g/mol. The topological polar surface area (TPSA) is 726 Å². The number of aromatic hydroxyl groups is 1. The molecule has 1 aliphatic heterocycles. The maximum Gasteiger partial charge on any atom is 0.325 e. The SMILES string of the molecule is CC(C)C[C@H](NC(=O)[C@H](CCCNC(=N)N)NC(=O)[C@H](CCC(N)=O)NC(=O)[C@H](CS)NC(=O)[C@@H](N)CC(C)C)C(=O)NCC(=O)N[C@H](C(=O)N[C@H](C(=O)N[C@@H](Cc1ccc(O)cc1)C(=O)N1CCC[C@H]1C(=O)NCC(=O)N[C@@H](Cc1c[nH]c2ccccc12)C(=O)N[C@@H](CC(C)C)C(=O)N[C@@H](C)C(=O)NCC(=O)N[C@@H](Cc1c[nH]c2ccccc12)C(=O)N[C@@H](CS)C(=O)N[C@@H](C)C(=O)O)[C@@H](C)O)C(C)C. The van der Waals surface area contributed by atoms with Crippen LogP contribution in [0.4, 0.5) is 0 Å². The summed E-state index contributed by atoms with van der Waals surface area (Å²) >= 11 is 8.38. The second-order valence-electron chi connectivity index (χ2n) is 36.2. The highest BCUT2D eigenvalue weighted by molar-refractivity contribution is 7.80. The number of carboxylic acid groups (broad SMARTS) is 1. The fourth-order valence-electron chi connectivity index (χ4n) is 15.2. The second-order valence-corrected chi connectivity index (χ2v) is 36.9. The molecular formula is C92H136N24O22S2. The maximum absolute atomic E-state index is 15.1. The van der Waals surface area contributed by atoms with Crippen molar-refractivity contribution in [1.82, 2.24) is 105 Å². The summed E-state index contributed by atoms with van der Waals surface area (Å²) in [5.74, 6) is -19.8. The molecule has 0 radical (unpaired) electrons. The van der Waals surface area contributed by atoms with Crippen molar-refractivity contribution in [3.05, 3.63) is 102 Å². The fourth-order valence-corrected chi connectivity index (χ4v) is 15.8. The van der Waals surface area contributed by atoms with Crippen molar-refractivity contribution in [3.63, 3.8) is 0 Å². The number of thiol groups is 2. The normalized spacial score (nSPS) is 15.6. The first kappa shape index (κ1) is 115. The van der Waals surface area contributed by atoms with Crippen molar-refractivity contribution >= 4 is 165 Å². The number of carboxylic acids is 1. The van der Waals surface area contributed by atoms with Crippen molar-refractivity contribution < 1.29 is 106 Å². The van der Waals surface area contributed by atoms with Crippen LogP contribution in [0, 0.1) is 29.1 Å². The lowest BCUT2D eigenvalue weighted by molar-refractivity contribution is -0.142. The molecule has 48 heteroatoms. The van der Waals surface area contributed by atoms with Crippen molar-refractivity contribution in [2.45, 2.75) is 250 Å². The van der Waals surface area contributed by atoms with Crippen LogP contribution >= 0.6 is 25.3 Å². The summed E-state index contributed by atoms with van der Waals surface area (Å²) in [7, 11) is 0. The molecule has 1 aliphatic rings. The van der Waals surface area contributed by atoms with Gasteiger partial charge in [0.25, 0.3) is 0 Å². The Morgan fingerprint density at radius 3 is 1.37 bits per heavy atom. The monoisotopic (exact) mass is 1990 g/mol. The first-order valence-electron chi connectivity index (χ1n) is 46.3. The number of nitrogens with one attached hydrogen (secondary N) is 20. The first-order valence-corrected chi connectivity index (χ1v) is 47.5. The number of phenols is 1. The molecule has 16 atom stereocenters. The number of aromatic nitrogens is 2. The minimum absolute atomic E-state index is 0.00956. The molecule has 0 bridgehead atoms. The van der Waals surface area contributed by atoms with Crippen LogP contribution in [0.3, 0.4) is 0 Å². The number of aromatic amines is 2. The number of fused-ring (bicyclic) bond motifs is 2. The van der Waals surface area contributed by atoms with E-state index in [1.165, 1.54) is 56.9 Å². The molecule has 46 nitrogen and oxygen atoms in total. The van der Waals surface area contributed by atoms with Gasteiger partial charge in [-0.2, -0.15) is 25.3 Å². The number of para-hydroxylation sites is 2. The average Bonchev–Trinajstić information content (AvgIpc) is 1.65. The van der Waals surface area contributed by atoms with Crippen molar-refractivity contribution in [2.24, 2.45) is 40.9 Å². The van der Waals surface area contributed by atoms with E-state index in [1.807, 2.05) is 13.8 Å². The molecule has 3 aromatic carbocycles. The average molecular weight is 1990 g/mol. The number of primary amides is 1. The standard InChI is InChI=1S/C92H136N24O22S2/c1-45(2)32-58(93)78(124)112-69(44-140)86(132)108-62(28-29-71(94)119)81(127)107-61(22-16-30-97-92(95)96)80(126)109-63(33-46(3)4)79(125)101-42-74(122)114-75(48(7)8)88(134)115-76(51(11)117)89(135)111-67(35-52-24-26-55(118)27-25-52)90(136)116-31-17-23-70(116)87(133)102-41-73(121)105-65(36-53-38-98-59-20-14-12-18-56(53)59)83(129)110-64(34-47(5)6)82(128)103-49(9)77(123)100-40-72(120)106-66(37-54-39-99-60-21-15-13-19-57(54)60)84(130)113-68(43-139)85(131)104-50(10)91(137)138/h12-15,18-21,24-27,38-39,45-51,58,61-70,75-76,98-99,117-118,139-140H,16-17,22-23,28-37,40-44,93H2,1-11H3,(H2,94,119)(H,100,123)(H,101,125)(H,102,133)(H,103,128)(H,104,131)(H,105,121)(H,106,120)(H,107,127)(H,108,132)(H,109,126)(H,110,129)(H,111,135)(H,112,124)(H,113,130)(H,114,122)(H,115,134)(H,137,138)(H4,95,96,97)/t49-,50-,51+,58-,61-,62-,63-,64-,65-,66-,67-,68-,69-,70-,75-,76-/m0/s1. The Balaban J connectivity index is 1.11. The number of phenolic OH excluding ortho intramolecular Hbond substituents is 1. The molecule has 29 N–H and O–H groups in total. The zero-order valence-corrected chi connectivity index (χ0v) is 82.0. The predicted molar refractivity (Wildman–Crippen MR) is 522 cm³/mol. The Labute approximate surface area is 820 Å². The summed E-state index contributed by atoms with van der Waals surface area (Å²) in [4.78, 5) is 270. The van der Waals surface area contributed by atoms with E-state index >= 15 is 4.79 Å². The highest BCUT2D eigenvalue weighted by Gasteiger charge is 2.42. The van der Waals surface area contributed by atoms with Crippen LogP contribution < -0.4 is 108 Å². The number of likely N-dealkylation sites (tertiary alicyclic amines) is 1. The van der Waals surface area contributed by atoms with E-state index < -0.39 is 247 Å². The third kappa shape index (κ3) is 37.3. The number of nitrogens with two attached hydrogens (primary N) is 3. The van der Waals surface area contributed by atoms with Crippen LogP contribution in [0.2, 0.25) is 0 Å². The lowest BCUT2D eigenvalue weighted by Gasteiger charge is -2.31. The highest BCUT2D eigenvalue weighted by Crippen LogP contribution is 2.25. The van der Waals surface area contributed by atoms with E-state index in [0.29, 0.717) is 38.5 Å². The number of rotatable bonds is 57. The lowest BCUT2D eigenvalue weighted by Crippen LogP contribution is -2.62. The summed E-state index contributed by atoms with van der Waals surface area (Å²) in [6, 6.07) is -1.39. The van der Waals surface area contributed by atoms with Crippen LogP contribution in [0.25, 0.3) is 21.8 Å². The van der Waals surface area contributed by atoms with Gasteiger partial charge < -0.3 is 138 Å². The smallest absolute Gasteiger partial charge is 0.325 e. The molecule has 0 aliphatic carbocycles. The summed E-state index contributed by atoms with van der Waals surface area (Å²) in [5.41, 5.74) is 19.9. The minimum atomic E-state index is -1.86. The molecule has 3 heterocycles. The zero-order chi connectivity index (χ0) is 104. The Morgan fingerprint density at radius 2 is 0.879 bits per heavy atom. The quantitative estimate of drug-likeness (QED) is 0.00764. The molecule has 0 spiro atoms.